The summed E-state index contributed by atoms with van der Waals surface area (Å²) in [6.07, 6.45) is 1.92. The number of phenols is 1. The molecular weight excluding hydrogens is 740 g/mol. The average Bonchev–Trinajstić information content (AvgIpc) is 3.54. The van der Waals surface area contributed by atoms with Crippen molar-refractivity contribution >= 4 is 64.2 Å². The normalized spacial score (nSPS) is 25.9. The first kappa shape index (κ1) is 35.3. The number of rotatable bonds is 7. The topological polar surface area (TPSA) is 154 Å². The fraction of sp³-hybridized carbons (Fsp3) is 0.225. The number of methoxy groups -OCH3 is 1. The summed E-state index contributed by atoms with van der Waals surface area (Å²) in [6.45, 7) is 0. The predicted molar refractivity (Wildman–Crippen MR) is 195 cm³/mol. The van der Waals surface area contributed by atoms with Gasteiger partial charge >= 0.3 is 5.97 Å². The highest BCUT2D eigenvalue weighted by Crippen LogP contribution is 2.64. The number of fused-ring (bicyclic) bond motifs is 4. The van der Waals surface area contributed by atoms with E-state index >= 15 is 4.79 Å². The molecule has 2 heterocycles. The van der Waals surface area contributed by atoms with Crippen molar-refractivity contribution in [2.24, 2.45) is 23.7 Å². The van der Waals surface area contributed by atoms with Crippen LogP contribution < -0.4 is 15.1 Å². The van der Waals surface area contributed by atoms with Crippen LogP contribution in [0.1, 0.15) is 40.2 Å². The van der Waals surface area contributed by atoms with Gasteiger partial charge < -0.3 is 14.9 Å². The van der Waals surface area contributed by atoms with E-state index in [9.17, 15) is 33.8 Å². The van der Waals surface area contributed by atoms with Gasteiger partial charge in [0.25, 0.3) is 11.8 Å². The molecule has 0 unspecified atom stereocenters. The minimum Gasteiger partial charge on any atom is -0.503 e. The summed E-state index contributed by atoms with van der Waals surface area (Å²) in [5.41, 5.74) is 2.92. The zero-order valence-corrected chi connectivity index (χ0v) is 29.8. The van der Waals surface area contributed by atoms with Crippen LogP contribution in [-0.4, -0.2) is 51.9 Å². The van der Waals surface area contributed by atoms with Gasteiger partial charge in [-0.2, -0.15) is 5.01 Å². The van der Waals surface area contributed by atoms with Crippen molar-refractivity contribution in [3.05, 3.63) is 129 Å². The van der Waals surface area contributed by atoms with E-state index in [1.807, 2.05) is 6.08 Å². The van der Waals surface area contributed by atoms with Crippen LogP contribution in [0.4, 0.5) is 15.8 Å². The van der Waals surface area contributed by atoms with E-state index in [4.69, 9.17) is 27.9 Å². The number of carbonyl (C=O) groups excluding carboxylic acids is 4. The second-order valence-electron chi connectivity index (χ2n) is 13.8. The molecule has 14 heteroatoms. The third kappa shape index (κ3) is 5.18. The lowest BCUT2D eigenvalue weighted by Crippen LogP contribution is -2.53. The number of nitrogens with zero attached hydrogens (tertiary/aromatic N) is 2. The van der Waals surface area contributed by atoms with Gasteiger partial charge in [-0.25, -0.2) is 9.18 Å². The van der Waals surface area contributed by atoms with Crippen LogP contribution in [0.2, 0.25) is 10.0 Å². The Hall–Kier alpha value is -5.72. The zero-order valence-electron chi connectivity index (χ0n) is 28.3. The number of hydrogen-bond donors (Lipinski definition) is 3. The number of aromatic carboxylic acids is 1. The molecule has 8 rings (SSSR count). The Labute approximate surface area is 317 Å². The number of amides is 4. The van der Waals surface area contributed by atoms with E-state index in [0.717, 1.165) is 9.91 Å². The molecule has 3 N–H and O–H groups in total. The third-order valence-corrected chi connectivity index (χ3v) is 11.8. The summed E-state index contributed by atoms with van der Waals surface area (Å²) in [5, 5.41) is 21.6. The van der Waals surface area contributed by atoms with E-state index in [1.165, 1.54) is 67.8 Å². The Kier molecular flexibility index (Phi) is 8.50. The number of halogens is 3. The quantitative estimate of drug-likeness (QED) is 0.137. The molecule has 2 saturated heterocycles. The minimum atomic E-state index is -1.68. The molecule has 0 radical (unpaired) electrons. The molecule has 0 spiro atoms. The molecule has 0 aromatic heterocycles. The lowest BCUT2D eigenvalue weighted by atomic mass is 9.49. The SMILES string of the molecule is COc1cc([C@H]2C3=CC[C@@H]4C(=O)N(c5cccc(C(=O)O)c5)C(=O)[C@@H]4[C@@H]3C[C@H]3C(=O)N(Nc4ccc(F)cc4)C(=O)[C@@]23c2ccc(Cl)cc2)cc(Cl)c1O. The number of imide groups is 2. The number of carboxylic acid groups (broad SMARTS) is 1. The van der Waals surface area contributed by atoms with Crippen molar-refractivity contribution in [3.63, 3.8) is 0 Å². The summed E-state index contributed by atoms with van der Waals surface area (Å²) in [6, 6.07) is 20.3. The summed E-state index contributed by atoms with van der Waals surface area (Å²) in [7, 11) is 1.34. The smallest absolute Gasteiger partial charge is 0.335 e. The molecule has 0 bridgehead atoms. The number of phenolic OH excluding ortho intramolecular Hbond substituents is 1. The van der Waals surface area contributed by atoms with Crippen LogP contribution in [-0.2, 0) is 24.6 Å². The number of carboxylic acids is 1. The average molecular weight is 771 g/mol. The number of aromatic hydroxyl groups is 1. The largest absolute Gasteiger partial charge is 0.503 e. The first-order valence-corrected chi connectivity index (χ1v) is 17.8. The number of carbonyl (C=O) groups is 5. The Morgan fingerprint density at radius 1 is 0.926 bits per heavy atom. The number of anilines is 2. The van der Waals surface area contributed by atoms with E-state index < -0.39 is 70.4 Å². The molecule has 2 aliphatic carbocycles. The second-order valence-corrected chi connectivity index (χ2v) is 14.6. The van der Waals surface area contributed by atoms with Gasteiger partial charge in [0.2, 0.25) is 11.8 Å². The standard InChI is InChI=1S/C40H30Cl2FN3O8/c1-54-31-17-20(16-30(42)34(31)47)33-26-13-14-27-32(37(50)45(35(27)48)25-4-2-3-19(15-25)38(51)52)28(26)18-29-36(49)46(44-24-11-9-23(43)10-12-24)39(53)40(29,33)21-5-7-22(41)8-6-21/h2-13,15-17,27-29,32-33,44,47H,14,18H2,1H3,(H,51,52)/t27-,28+,29-,32-,33-,40+/m0/s1. The maximum atomic E-state index is 15.3. The van der Waals surface area contributed by atoms with Gasteiger partial charge in [-0.15, -0.1) is 0 Å². The molecule has 4 aromatic carbocycles. The van der Waals surface area contributed by atoms with Crippen molar-refractivity contribution in [2.75, 3.05) is 17.4 Å². The zero-order chi connectivity index (χ0) is 38.2. The molecule has 1 saturated carbocycles. The second kappa shape index (κ2) is 13.0. The molecule has 4 aromatic rings. The summed E-state index contributed by atoms with van der Waals surface area (Å²) in [4.78, 5) is 71.5. The lowest BCUT2D eigenvalue weighted by molar-refractivity contribution is -0.138. The maximum Gasteiger partial charge on any atom is 0.335 e. The van der Waals surface area contributed by atoms with Crippen LogP contribution in [0.25, 0.3) is 0 Å². The predicted octanol–water partition coefficient (Wildman–Crippen LogP) is 6.73. The summed E-state index contributed by atoms with van der Waals surface area (Å²) < 4.78 is 19.4. The third-order valence-electron chi connectivity index (χ3n) is 11.2. The van der Waals surface area contributed by atoms with Crippen molar-refractivity contribution in [1.82, 2.24) is 5.01 Å². The minimum absolute atomic E-state index is 0.00592. The molecule has 54 heavy (non-hydrogen) atoms. The summed E-state index contributed by atoms with van der Waals surface area (Å²) >= 11 is 12.9. The Bertz CT molecular complexity index is 2320. The fourth-order valence-electron chi connectivity index (χ4n) is 8.98. The molecule has 3 fully saturated rings. The molecule has 11 nitrogen and oxygen atoms in total. The molecular formula is C40H30Cl2FN3O8. The molecule has 4 amide bonds. The van der Waals surface area contributed by atoms with E-state index in [2.05, 4.69) is 5.43 Å². The van der Waals surface area contributed by atoms with E-state index in [-0.39, 0.29) is 46.3 Å². The van der Waals surface area contributed by atoms with Crippen LogP contribution >= 0.6 is 23.2 Å². The van der Waals surface area contributed by atoms with Gasteiger partial charge in [0.15, 0.2) is 11.5 Å². The van der Waals surface area contributed by atoms with Crippen LogP contribution in [0, 0.1) is 29.5 Å². The van der Waals surface area contributed by atoms with E-state index in [0.29, 0.717) is 21.7 Å². The molecule has 4 aliphatic rings. The summed E-state index contributed by atoms with van der Waals surface area (Å²) in [5.74, 6) is -9.07. The number of allylic oxidation sites excluding steroid dienone is 2. The monoisotopic (exact) mass is 769 g/mol. The number of benzene rings is 4. The Balaban J connectivity index is 1.34. The van der Waals surface area contributed by atoms with Crippen molar-refractivity contribution in [2.45, 2.75) is 24.2 Å². The van der Waals surface area contributed by atoms with Crippen molar-refractivity contribution in [1.29, 1.82) is 0 Å². The van der Waals surface area contributed by atoms with E-state index in [1.54, 1.807) is 24.3 Å². The molecule has 2 aliphatic heterocycles. The van der Waals surface area contributed by atoms with Gasteiger partial charge in [0, 0.05) is 10.9 Å². The van der Waals surface area contributed by atoms with Crippen LogP contribution in [0.3, 0.4) is 0 Å². The number of ether oxygens (including phenoxy) is 1. The van der Waals surface area contributed by atoms with Gasteiger partial charge in [-0.05, 0) is 96.6 Å². The maximum absolute atomic E-state index is 15.3. The molecule has 6 atom stereocenters. The fourth-order valence-corrected chi connectivity index (χ4v) is 9.32. The van der Waals surface area contributed by atoms with Gasteiger partial charge in [0.1, 0.15) is 5.82 Å². The van der Waals surface area contributed by atoms with Crippen LogP contribution in [0.15, 0.2) is 96.6 Å². The van der Waals surface area contributed by atoms with Gasteiger partial charge in [-0.3, -0.25) is 29.5 Å². The highest BCUT2D eigenvalue weighted by Gasteiger charge is 2.70. The lowest BCUT2D eigenvalue weighted by Gasteiger charge is -2.50. The molecule has 274 valence electrons. The van der Waals surface area contributed by atoms with Crippen molar-refractivity contribution < 1.29 is 43.3 Å². The van der Waals surface area contributed by atoms with Crippen LogP contribution in [0.5, 0.6) is 11.5 Å². The van der Waals surface area contributed by atoms with Gasteiger partial charge in [0.05, 0.1) is 52.2 Å². The first-order chi connectivity index (χ1) is 25.9. The number of hydrazine groups is 1. The highest BCUT2D eigenvalue weighted by atomic mass is 35.5. The Morgan fingerprint density at radius 2 is 1.65 bits per heavy atom. The Morgan fingerprint density at radius 3 is 2.33 bits per heavy atom. The first-order valence-electron chi connectivity index (χ1n) is 17.0. The number of hydrogen-bond acceptors (Lipinski definition) is 8. The number of nitrogens with one attached hydrogen (secondary N) is 1. The van der Waals surface area contributed by atoms with Crippen molar-refractivity contribution in [3.8, 4) is 11.5 Å². The van der Waals surface area contributed by atoms with Gasteiger partial charge in [-0.1, -0.05) is 53.1 Å². The highest BCUT2D eigenvalue weighted by molar-refractivity contribution is 6.32.